The van der Waals surface area contributed by atoms with E-state index in [1.54, 1.807) is 11.8 Å². The van der Waals surface area contributed by atoms with E-state index >= 15 is 0 Å². The van der Waals surface area contributed by atoms with Gasteiger partial charge in [0.15, 0.2) is 15.8 Å². The Kier molecular flexibility index (Phi) is 4.65. The molecular formula is C13H16F3N5S2. The Morgan fingerprint density at radius 1 is 1.35 bits per heavy atom. The second-order valence-corrected chi connectivity index (χ2v) is 7.47. The van der Waals surface area contributed by atoms with E-state index in [-0.39, 0.29) is 6.04 Å². The van der Waals surface area contributed by atoms with Gasteiger partial charge in [0.05, 0.1) is 6.54 Å². The fourth-order valence-electron chi connectivity index (χ4n) is 2.69. The van der Waals surface area contributed by atoms with Gasteiger partial charge in [-0.05, 0) is 13.2 Å². The highest BCUT2D eigenvalue weighted by Gasteiger charge is 2.35. The number of halogens is 3. The van der Waals surface area contributed by atoms with Crippen molar-refractivity contribution in [1.29, 1.82) is 0 Å². The summed E-state index contributed by atoms with van der Waals surface area (Å²) in [4.78, 5) is 16.4. The number of nitrogens with zero attached hydrogens (tertiary/aromatic N) is 5. The number of thioether (sulfide) groups is 1. The minimum atomic E-state index is -4.16. The molecule has 2 aromatic rings. The number of hydrogen-bond acceptors (Lipinski definition) is 7. The molecule has 1 fully saturated rings. The van der Waals surface area contributed by atoms with Crippen LogP contribution in [0.4, 0.5) is 19.0 Å². The van der Waals surface area contributed by atoms with Crippen molar-refractivity contribution in [3.63, 3.8) is 0 Å². The van der Waals surface area contributed by atoms with Crippen molar-refractivity contribution in [3.8, 4) is 0 Å². The fourth-order valence-corrected chi connectivity index (χ4v) is 4.22. The third-order valence-corrected chi connectivity index (χ3v) is 5.80. The Bertz CT molecular complexity index is 690. The molecule has 1 saturated heterocycles. The Hall–Kier alpha value is -1.13. The third kappa shape index (κ3) is 3.69. The topological polar surface area (TPSA) is 45.2 Å². The number of anilines is 1. The lowest BCUT2D eigenvalue weighted by Crippen LogP contribution is -2.54. The van der Waals surface area contributed by atoms with E-state index in [4.69, 9.17) is 0 Å². The van der Waals surface area contributed by atoms with E-state index in [0.29, 0.717) is 25.3 Å². The van der Waals surface area contributed by atoms with Crippen LogP contribution in [0.15, 0.2) is 10.7 Å². The van der Waals surface area contributed by atoms with Gasteiger partial charge in [-0.2, -0.15) is 13.2 Å². The number of rotatable bonds is 3. The lowest BCUT2D eigenvalue weighted by molar-refractivity contribution is -0.150. The molecule has 10 heteroatoms. The van der Waals surface area contributed by atoms with Gasteiger partial charge in [-0.1, -0.05) is 11.8 Å². The summed E-state index contributed by atoms with van der Waals surface area (Å²) in [6.45, 7) is 2.34. The highest BCUT2D eigenvalue weighted by molar-refractivity contribution is 8.00. The average Bonchev–Trinajstić information content (AvgIpc) is 2.91. The van der Waals surface area contributed by atoms with Crippen LogP contribution in [0.1, 0.15) is 6.92 Å². The van der Waals surface area contributed by atoms with Crippen LogP contribution in [0.5, 0.6) is 0 Å². The average molecular weight is 363 g/mol. The molecule has 0 aliphatic carbocycles. The number of hydrogen-bond donors (Lipinski definition) is 0. The summed E-state index contributed by atoms with van der Waals surface area (Å²) in [5.74, 6) is 0.770. The minimum Gasteiger partial charge on any atom is -0.352 e. The highest BCUT2D eigenvalue weighted by Crippen LogP contribution is 2.33. The molecular weight excluding hydrogens is 347 g/mol. The van der Waals surface area contributed by atoms with Crippen LogP contribution in [0, 0.1) is 0 Å². The van der Waals surface area contributed by atoms with Gasteiger partial charge in [0.2, 0.25) is 0 Å². The molecule has 0 saturated carbocycles. The molecule has 3 rings (SSSR count). The van der Waals surface area contributed by atoms with Crippen molar-refractivity contribution in [2.24, 2.45) is 0 Å². The van der Waals surface area contributed by atoms with Gasteiger partial charge in [0.25, 0.3) is 0 Å². The van der Waals surface area contributed by atoms with Gasteiger partial charge in [-0.15, -0.1) is 11.3 Å². The molecule has 0 bridgehead atoms. The standard InChI is InChI=1S/C13H16F3N5S2/c1-8-5-20(3-4-21(8)6-13(14,15)16)11-9-10(17-7-18-11)19-12(22-2)23-9/h7-8H,3-6H2,1-2H3. The molecule has 0 radical (unpaired) electrons. The molecule has 0 amide bonds. The van der Waals surface area contributed by atoms with Gasteiger partial charge in [0, 0.05) is 25.7 Å². The Balaban J connectivity index is 1.80. The zero-order valence-electron chi connectivity index (χ0n) is 12.7. The molecule has 0 N–H and O–H groups in total. The Labute approximate surface area is 139 Å². The van der Waals surface area contributed by atoms with Crippen LogP contribution < -0.4 is 4.90 Å². The second-order valence-electron chi connectivity index (χ2n) is 5.41. The maximum absolute atomic E-state index is 12.6. The molecule has 1 unspecified atom stereocenters. The van der Waals surface area contributed by atoms with Crippen LogP contribution in [-0.2, 0) is 0 Å². The largest absolute Gasteiger partial charge is 0.401 e. The summed E-state index contributed by atoms with van der Waals surface area (Å²) < 4.78 is 39.6. The molecule has 0 aromatic carbocycles. The van der Waals surface area contributed by atoms with Gasteiger partial charge in [-0.25, -0.2) is 15.0 Å². The normalized spacial score (nSPS) is 20.4. The van der Waals surface area contributed by atoms with Crippen molar-refractivity contribution in [2.75, 3.05) is 37.3 Å². The predicted octanol–water partition coefficient (Wildman–Crippen LogP) is 2.88. The Morgan fingerprint density at radius 2 is 2.13 bits per heavy atom. The van der Waals surface area contributed by atoms with Crippen LogP contribution in [0.25, 0.3) is 10.3 Å². The van der Waals surface area contributed by atoms with Gasteiger partial charge in [0.1, 0.15) is 11.0 Å². The van der Waals surface area contributed by atoms with Crippen LogP contribution in [0.3, 0.4) is 0 Å². The first-order chi connectivity index (χ1) is 10.9. The third-order valence-electron chi connectivity index (χ3n) is 3.77. The zero-order chi connectivity index (χ0) is 16.6. The smallest absolute Gasteiger partial charge is 0.352 e. The zero-order valence-corrected chi connectivity index (χ0v) is 14.3. The summed E-state index contributed by atoms with van der Waals surface area (Å²) in [7, 11) is 0. The van der Waals surface area contributed by atoms with E-state index < -0.39 is 12.7 Å². The Morgan fingerprint density at radius 3 is 2.78 bits per heavy atom. The van der Waals surface area contributed by atoms with E-state index in [1.165, 1.54) is 22.6 Å². The number of aromatic nitrogens is 3. The van der Waals surface area contributed by atoms with E-state index in [0.717, 1.165) is 14.9 Å². The maximum atomic E-state index is 12.6. The molecule has 1 aliphatic heterocycles. The molecule has 3 heterocycles. The van der Waals surface area contributed by atoms with Gasteiger partial charge < -0.3 is 4.90 Å². The number of piperazine rings is 1. The lowest BCUT2D eigenvalue weighted by Gasteiger charge is -2.40. The van der Waals surface area contributed by atoms with Crippen molar-refractivity contribution in [3.05, 3.63) is 6.33 Å². The quantitative estimate of drug-likeness (QED) is 0.782. The highest BCUT2D eigenvalue weighted by atomic mass is 32.2. The summed E-state index contributed by atoms with van der Waals surface area (Å²) in [5, 5.41) is 0. The first kappa shape index (κ1) is 16.7. The van der Waals surface area contributed by atoms with Crippen molar-refractivity contribution < 1.29 is 13.2 Å². The number of alkyl halides is 3. The lowest BCUT2D eigenvalue weighted by atomic mass is 10.2. The summed E-state index contributed by atoms with van der Waals surface area (Å²) in [6, 6.07) is -0.191. The van der Waals surface area contributed by atoms with E-state index in [2.05, 4.69) is 15.0 Å². The fraction of sp³-hybridized carbons (Fsp3) is 0.615. The summed E-state index contributed by atoms with van der Waals surface area (Å²) in [5.41, 5.74) is 0.648. The molecule has 1 atom stereocenters. The van der Waals surface area contributed by atoms with E-state index in [9.17, 15) is 13.2 Å². The predicted molar refractivity (Wildman–Crippen MR) is 86.3 cm³/mol. The number of thiazole rings is 1. The van der Waals surface area contributed by atoms with Crippen LogP contribution >= 0.6 is 23.1 Å². The number of fused-ring (bicyclic) bond motifs is 1. The maximum Gasteiger partial charge on any atom is 0.401 e. The second kappa shape index (κ2) is 6.40. The van der Waals surface area contributed by atoms with Crippen molar-refractivity contribution >= 4 is 39.3 Å². The van der Waals surface area contributed by atoms with Crippen molar-refractivity contribution in [1.82, 2.24) is 19.9 Å². The first-order valence-corrected chi connectivity index (χ1v) is 9.13. The van der Waals surface area contributed by atoms with Crippen LogP contribution in [0.2, 0.25) is 0 Å². The first-order valence-electron chi connectivity index (χ1n) is 7.08. The summed E-state index contributed by atoms with van der Waals surface area (Å²) in [6.07, 6.45) is -0.749. The monoisotopic (exact) mass is 363 g/mol. The molecule has 126 valence electrons. The van der Waals surface area contributed by atoms with Crippen molar-refractivity contribution in [2.45, 2.75) is 23.5 Å². The minimum absolute atomic E-state index is 0.191. The molecule has 1 aliphatic rings. The molecule has 23 heavy (non-hydrogen) atoms. The molecule has 5 nitrogen and oxygen atoms in total. The summed E-state index contributed by atoms with van der Waals surface area (Å²) >= 11 is 3.07. The van der Waals surface area contributed by atoms with Gasteiger partial charge in [-0.3, -0.25) is 4.90 Å². The molecule has 2 aromatic heterocycles. The van der Waals surface area contributed by atoms with Gasteiger partial charge >= 0.3 is 6.18 Å². The SMILES string of the molecule is CSc1nc2ncnc(N3CCN(CC(F)(F)F)C(C)C3)c2s1. The van der Waals surface area contributed by atoms with Crippen LogP contribution in [-0.4, -0.2) is 64.5 Å². The van der Waals surface area contributed by atoms with E-state index in [1.807, 2.05) is 18.1 Å². The molecule has 0 spiro atoms.